The molecule has 0 aliphatic carbocycles. The first-order valence-electron chi connectivity index (χ1n) is 12.6. The fourth-order valence-corrected chi connectivity index (χ4v) is 4.54. The van der Waals surface area contributed by atoms with E-state index in [-0.39, 0.29) is 11.4 Å². The Kier molecular flexibility index (Phi) is 11.1. The predicted octanol–water partition coefficient (Wildman–Crippen LogP) is 4.73. The molecule has 0 saturated heterocycles. The van der Waals surface area contributed by atoms with Crippen LogP contribution in [-0.2, 0) is 21.2 Å². The second-order valence-electron chi connectivity index (χ2n) is 9.10. The van der Waals surface area contributed by atoms with E-state index in [1.807, 2.05) is 18.2 Å². The molecule has 3 aromatic rings. The molecule has 0 amide bonds. The maximum atomic E-state index is 11.4. The average Bonchev–Trinajstić information content (AvgIpc) is 3.25. The predicted molar refractivity (Wildman–Crippen MR) is 143 cm³/mol. The van der Waals surface area contributed by atoms with E-state index in [0.717, 1.165) is 87.7 Å². The summed E-state index contributed by atoms with van der Waals surface area (Å²) in [6, 6.07) is 14.6. The Morgan fingerprint density at radius 2 is 1.72 bits per heavy atom. The van der Waals surface area contributed by atoms with E-state index in [1.54, 1.807) is 6.07 Å². The first kappa shape index (κ1) is 28.0. The van der Waals surface area contributed by atoms with Gasteiger partial charge in [-0.15, -0.1) is 0 Å². The molecule has 1 heterocycles. The number of hydrogen-bond acceptors (Lipinski definition) is 7. The van der Waals surface area contributed by atoms with Gasteiger partial charge in [0.05, 0.1) is 18.0 Å². The summed E-state index contributed by atoms with van der Waals surface area (Å²) in [5.41, 5.74) is 1.54. The molecule has 1 unspecified atom stereocenters. The number of ether oxygens (including phenoxy) is 1. The minimum Gasteiger partial charge on any atom is -0.506 e. The number of anilines is 1. The van der Waals surface area contributed by atoms with Crippen LogP contribution in [0.1, 0.15) is 56.0 Å². The van der Waals surface area contributed by atoms with Gasteiger partial charge in [-0.05, 0) is 62.1 Å². The number of furan rings is 1. The van der Waals surface area contributed by atoms with Gasteiger partial charge in [-0.1, -0.05) is 37.1 Å². The number of aliphatic hydroxyl groups is 1. The maximum absolute atomic E-state index is 11.4. The largest absolute Gasteiger partial charge is 0.506 e. The summed E-state index contributed by atoms with van der Waals surface area (Å²) < 4.78 is 36.6. The molecule has 8 nitrogen and oxygen atoms in total. The van der Waals surface area contributed by atoms with Crippen LogP contribution < -0.4 is 10.0 Å². The van der Waals surface area contributed by atoms with E-state index in [2.05, 4.69) is 22.2 Å². The molecular formula is C27H38N2O6S. The minimum atomic E-state index is -3.52. The Labute approximate surface area is 213 Å². The van der Waals surface area contributed by atoms with Gasteiger partial charge in [0.1, 0.15) is 17.1 Å². The van der Waals surface area contributed by atoms with Crippen LogP contribution in [0.25, 0.3) is 11.0 Å². The maximum Gasteiger partial charge on any atom is 0.229 e. The first-order valence-corrected chi connectivity index (χ1v) is 14.5. The van der Waals surface area contributed by atoms with Crippen molar-refractivity contribution in [3.05, 3.63) is 59.9 Å². The summed E-state index contributed by atoms with van der Waals surface area (Å²) in [6.45, 7) is 2.69. The number of aryl methyl sites for hydroxylation is 1. The number of fused-ring (bicyclic) bond motifs is 1. The molecule has 1 aromatic heterocycles. The van der Waals surface area contributed by atoms with Crippen molar-refractivity contribution in [3.63, 3.8) is 0 Å². The average molecular weight is 519 g/mol. The van der Waals surface area contributed by atoms with Gasteiger partial charge in [0.2, 0.25) is 10.0 Å². The molecule has 3 rings (SSSR count). The highest BCUT2D eigenvalue weighted by molar-refractivity contribution is 7.92. The molecule has 2 aromatic carbocycles. The molecule has 0 saturated carbocycles. The SMILES string of the molecule is CS(=O)(=O)Nc1cc(C(O)CNCCCCCCOCCCCc2cc3ccccc3o2)ccc1O. The number of sulfonamides is 1. The van der Waals surface area contributed by atoms with E-state index < -0.39 is 16.1 Å². The first-order chi connectivity index (χ1) is 17.3. The van der Waals surface area contributed by atoms with E-state index in [0.29, 0.717) is 12.1 Å². The van der Waals surface area contributed by atoms with Crippen LogP contribution in [0.2, 0.25) is 0 Å². The van der Waals surface area contributed by atoms with Crippen LogP contribution in [0.4, 0.5) is 5.69 Å². The minimum absolute atomic E-state index is 0.0578. The molecule has 0 aliphatic rings. The molecule has 36 heavy (non-hydrogen) atoms. The van der Waals surface area contributed by atoms with Gasteiger partial charge in [0.15, 0.2) is 0 Å². The van der Waals surface area contributed by atoms with Crippen molar-refractivity contribution < 1.29 is 27.8 Å². The highest BCUT2D eigenvalue weighted by Crippen LogP contribution is 2.27. The number of phenols is 1. The third-order valence-electron chi connectivity index (χ3n) is 5.87. The number of para-hydroxylation sites is 1. The monoisotopic (exact) mass is 518 g/mol. The fourth-order valence-electron chi connectivity index (χ4n) is 3.97. The molecule has 0 fully saturated rings. The van der Waals surface area contributed by atoms with Gasteiger partial charge in [-0.2, -0.15) is 0 Å². The molecule has 0 bridgehead atoms. The summed E-state index contributed by atoms with van der Waals surface area (Å²) in [4.78, 5) is 0. The Morgan fingerprint density at radius 1 is 0.972 bits per heavy atom. The molecule has 4 N–H and O–H groups in total. The van der Waals surface area contributed by atoms with Crippen molar-refractivity contribution in [1.82, 2.24) is 5.32 Å². The van der Waals surface area contributed by atoms with Crippen LogP contribution in [0, 0.1) is 0 Å². The van der Waals surface area contributed by atoms with E-state index in [4.69, 9.17) is 9.15 Å². The number of benzene rings is 2. The smallest absolute Gasteiger partial charge is 0.229 e. The topological polar surface area (TPSA) is 121 Å². The van der Waals surface area contributed by atoms with Crippen molar-refractivity contribution >= 4 is 26.7 Å². The Bertz CT molecular complexity index is 1140. The lowest BCUT2D eigenvalue weighted by Crippen LogP contribution is -2.22. The van der Waals surface area contributed by atoms with Crippen LogP contribution in [-0.4, -0.2) is 51.2 Å². The number of unbranched alkanes of at least 4 members (excludes halogenated alkanes) is 4. The lowest BCUT2D eigenvalue weighted by atomic mass is 10.1. The van der Waals surface area contributed by atoms with Gasteiger partial charge in [-0.3, -0.25) is 4.72 Å². The summed E-state index contributed by atoms with van der Waals surface area (Å²) in [5.74, 6) is 0.852. The Balaban J connectivity index is 1.16. The molecule has 1 atom stereocenters. The van der Waals surface area contributed by atoms with Crippen molar-refractivity contribution in [2.75, 3.05) is 37.3 Å². The fraction of sp³-hybridized carbons (Fsp3) is 0.481. The van der Waals surface area contributed by atoms with E-state index >= 15 is 0 Å². The van der Waals surface area contributed by atoms with Crippen molar-refractivity contribution in [1.29, 1.82) is 0 Å². The summed E-state index contributed by atoms with van der Waals surface area (Å²) >= 11 is 0. The molecule has 9 heteroatoms. The zero-order valence-electron chi connectivity index (χ0n) is 20.9. The highest BCUT2D eigenvalue weighted by Gasteiger charge is 2.12. The van der Waals surface area contributed by atoms with Crippen LogP contribution in [0.15, 0.2) is 52.9 Å². The zero-order valence-corrected chi connectivity index (χ0v) is 21.7. The molecule has 0 aliphatic heterocycles. The van der Waals surface area contributed by atoms with Gasteiger partial charge in [0, 0.05) is 31.6 Å². The molecule has 198 valence electrons. The standard InChI is InChI=1S/C27H38N2O6S/c1-36(32,33)29-24-19-21(13-14-25(24)30)26(31)20-28-15-7-2-3-8-16-34-17-9-6-11-23-18-22-10-4-5-12-27(22)35-23/h4-5,10,12-14,18-19,26,28-31H,2-3,6-9,11,15-17,20H2,1H3. The Morgan fingerprint density at radius 3 is 2.50 bits per heavy atom. The van der Waals surface area contributed by atoms with E-state index in [9.17, 15) is 18.6 Å². The van der Waals surface area contributed by atoms with E-state index in [1.165, 1.54) is 12.1 Å². The highest BCUT2D eigenvalue weighted by atomic mass is 32.2. The van der Waals surface area contributed by atoms with Gasteiger partial charge in [-0.25, -0.2) is 8.42 Å². The summed E-state index contributed by atoms with van der Waals surface area (Å²) in [6.07, 6.45) is 7.44. The molecule has 0 spiro atoms. The third kappa shape index (κ3) is 9.81. The van der Waals surface area contributed by atoms with Gasteiger partial charge < -0.3 is 24.7 Å². The van der Waals surface area contributed by atoms with Gasteiger partial charge >= 0.3 is 0 Å². The normalized spacial score (nSPS) is 12.7. The van der Waals surface area contributed by atoms with Crippen LogP contribution in [0.3, 0.4) is 0 Å². The number of aliphatic hydroxyl groups excluding tert-OH is 1. The zero-order chi connectivity index (χ0) is 25.8. The van der Waals surface area contributed by atoms with Crippen LogP contribution >= 0.6 is 0 Å². The number of phenolic OH excluding ortho intramolecular Hbond substituents is 1. The lowest BCUT2D eigenvalue weighted by Gasteiger charge is -2.14. The summed E-state index contributed by atoms with van der Waals surface area (Å²) in [7, 11) is -3.52. The second kappa shape index (κ2) is 14.2. The molecule has 0 radical (unpaired) electrons. The van der Waals surface area contributed by atoms with Crippen LogP contribution in [0.5, 0.6) is 5.75 Å². The van der Waals surface area contributed by atoms with Crippen molar-refractivity contribution in [2.24, 2.45) is 0 Å². The van der Waals surface area contributed by atoms with Crippen molar-refractivity contribution in [2.45, 2.75) is 51.0 Å². The van der Waals surface area contributed by atoms with Gasteiger partial charge in [0.25, 0.3) is 0 Å². The second-order valence-corrected chi connectivity index (χ2v) is 10.9. The Hall–Kier alpha value is -2.59. The quantitative estimate of drug-likeness (QED) is 0.151. The number of aromatic hydroxyl groups is 1. The number of rotatable bonds is 17. The third-order valence-corrected chi connectivity index (χ3v) is 6.46. The van der Waals surface area contributed by atoms with Crippen molar-refractivity contribution in [3.8, 4) is 5.75 Å². The number of hydrogen-bond donors (Lipinski definition) is 4. The lowest BCUT2D eigenvalue weighted by molar-refractivity contribution is 0.126. The summed E-state index contributed by atoms with van der Waals surface area (Å²) in [5, 5.41) is 24.5. The number of nitrogens with one attached hydrogen (secondary N) is 2. The molecular weight excluding hydrogens is 480 g/mol.